The second-order valence-electron chi connectivity index (χ2n) is 9.48. The first-order valence-electron chi connectivity index (χ1n) is 10.8. The second kappa shape index (κ2) is 7.85. The van der Waals surface area contributed by atoms with E-state index in [4.69, 9.17) is 0 Å². The molecule has 0 aliphatic heterocycles. The van der Waals surface area contributed by atoms with Crippen molar-refractivity contribution in [3.8, 4) is 0 Å². The molecule has 0 aromatic carbocycles. The van der Waals surface area contributed by atoms with Crippen molar-refractivity contribution in [1.29, 1.82) is 0 Å². The summed E-state index contributed by atoms with van der Waals surface area (Å²) in [6.07, 6.45) is 7.50. The number of nitrogens with zero attached hydrogens (tertiary/aromatic N) is 3. The van der Waals surface area contributed by atoms with E-state index in [1.54, 1.807) is 25.5 Å². The van der Waals surface area contributed by atoms with Crippen molar-refractivity contribution in [2.75, 3.05) is 5.32 Å². The summed E-state index contributed by atoms with van der Waals surface area (Å²) >= 11 is 0. The molecule has 3 aliphatic rings. The fourth-order valence-corrected chi connectivity index (χ4v) is 5.28. The van der Waals surface area contributed by atoms with E-state index in [2.05, 4.69) is 41.5 Å². The van der Waals surface area contributed by atoms with Crippen molar-refractivity contribution in [3.05, 3.63) is 52.2 Å². The highest BCUT2D eigenvalue weighted by molar-refractivity contribution is 5.75. The van der Waals surface area contributed by atoms with Crippen molar-refractivity contribution in [2.24, 2.45) is 23.2 Å². The van der Waals surface area contributed by atoms with Crippen molar-refractivity contribution in [1.82, 2.24) is 20.1 Å². The van der Waals surface area contributed by atoms with Crippen molar-refractivity contribution in [3.63, 3.8) is 0 Å². The summed E-state index contributed by atoms with van der Waals surface area (Å²) in [6.45, 7) is 9.18. The van der Waals surface area contributed by atoms with Crippen LogP contribution in [0.2, 0.25) is 0 Å². The topological polar surface area (TPSA) is 88.9 Å². The quantitative estimate of drug-likeness (QED) is 0.766. The SMILES string of the molecule is Cc1c(N[C@@H]2C[C@@H]3C[C@H]([C@H]2C)C3(C)C)cnn(CC(=O)NCc2ccncc2)c1=O. The first-order valence-corrected chi connectivity index (χ1v) is 10.8. The Bertz CT molecular complexity index is 985. The molecule has 0 unspecified atom stereocenters. The van der Waals surface area contributed by atoms with E-state index in [-0.39, 0.29) is 18.0 Å². The highest BCUT2D eigenvalue weighted by Gasteiger charge is 2.56. The molecule has 2 aromatic rings. The van der Waals surface area contributed by atoms with E-state index in [9.17, 15) is 9.59 Å². The van der Waals surface area contributed by atoms with Gasteiger partial charge in [-0.2, -0.15) is 5.10 Å². The van der Waals surface area contributed by atoms with Gasteiger partial charge in [-0.05, 0) is 60.6 Å². The molecule has 160 valence electrons. The summed E-state index contributed by atoms with van der Waals surface area (Å²) < 4.78 is 1.23. The second-order valence-corrected chi connectivity index (χ2v) is 9.48. The van der Waals surface area contributed by atoms with Crippen LogP contribution in [0, 0.1) is 30.1 Å². The largest absolute Gasteiger partial charge is 0.380 e. The first-order chi connectivity index (χ1) is 14.3. The third kappa shape index (κ3) is 3.73. The Labute approximate surface area is 177 Å². The number of hydrogen-bond acceptors (Lipinski definition) is 5. The van der Waals surface area contributed by atoms with Gasteiger partial charge < -0.3 is 10.6 Å². The molecular formula is C23H31N5O2. The van der Waals surface area contributed by atoms with Gasteiger partial charge in [0.05, 0.1) is 11.9 Å². The zero-order valence-electron chi connectivity index (χ0n) is 18.2. The van der Waals surface area contributed by atoms with Crippen LogP contribution in [0.15, 0.2) is 35.5 Å². The first kappa shape index (κ1) is 20.6. The van der Waals surface area contributed by atoms with Gasteiger partial charge in [0.1, 0.15) is 6.54 Å². The van der Waals surface area contributed by atoms with Gasteiger partial charge in [-0.25, -0.2) is 4.68 Å². The number of hydrogen-bond donors (Lipinski definition) is 2. The van der Waals surface area contributed by atoms with Gasteiger partial charge in [0.25, 0.3) is 5.56 Å². The molecule has 1 amide bonds. The Hall–Kier alpha value is -2.70. The molecule has 2 aromatic heterocycles. The maximum absolute atomic E-state index is 12.8. The third-order valence-electron chi connectivity index (χ3n) is 7.51. The average Bonchev–Trinajstić information content (AvgIpc) is 2.73. The summed E-state index contributed by atoms with van der Waals surface area (Å²) in [5, 5.41) is 10.7. The number of aromatic nitrogens is 3. The van der Waals surface area contributed by atoms with Crippen molar-refractivity contribution < 1.29 is 4.79 Å². The zero-order valence-corrected chi connectivity index (χ0v) is 18.2. The number of carbonyl (C=O) groups excluding carboxylic acids is 1. The van der Waals surface area contributed by atoms with Gasteiger partial charge in [0.2, 0.25) is 5.91 Å². The fraction of sp³-hybridized carbons (Fsp3) is 0.565. The predicted octanol–water partition coefficient (Wildman–Crippen LogP) is 2.75. The molecule has 0 radical (unpaired) electrons. The molecule has 3 fully saturated rings. The summed E-state index contributed by atoms with van der Waals surface area (Å²) in [7, 11) is 0. The highest BCUT2D eigenvalue weighted by atomic mass is 16.2. The number of pyridine rings is 1. The molecule has 2 bridgehead atoms. The molecule has 2 N–H and O–H groups in total. The normalized spacial score (nSPS) is 26.5. The van der Waals surface area contributed by atoms with E-state index < -0.39 is 0 Å². The van der Waals surface area contributed by atoms with Crippen molar-refractivity contribution in [2.45, 2.75) is 59.7 Å². The summed E-state index contributed by atoms with van der Waals surface area (Å²) in [4.78, 5) is 29.0. The van der Waals surface area contributed by atoms with Crippen LogP contribution < -0.4 is 16.2 Å². The van der Waals surface area contributed by atoms with Crippen LogP contribution in [0.25, 0.3) is 0 Å². The van der Waals surface area contributed by atoms with Gasteiger partial charge in [-0.3, -0.25) is 14.6 Å². The minimum absolute atomic E-state index is 0.0940. The van der Waals surface area contributed by atoms with Crippen LogP contribution in [-0.2, 0) is 17.9 Å². The predicted molar refractivity (Wildman–Crippen MR) is 116 cm³/mol. The Morgan fingerprint density at radius 2 is 2.00 bits per heavy atom. The molecule has 7 nitrogen and oxygen atoms in total. The van der Waals surface area contributed by atoms with E-state index in [1.165, 1.54) is 11.1 Å². The van der Waals surface area contributed by atoms with Gasteiger partial charge in [-0.15, -0.1) is 0 Å². The standard InChI is InChI=1S/C23H31N5O2/c1-14-18-9-17(23(18,3)4)10-19(14)27-20-12-26-28(22(30)15(20)2)13-21(29)25-11-16-5-7-24-8-6-16/h5-8,12,14,17-19,27H,9-11,13H2,1-4H3,(H,25,29)/t14-,17+,18-,19-/m1/s1. The zero-order chi connectivity index (χ0) is 21.5. The molecule has 3 saturated carbocycles. The molecule has 30 heavy (non-hydrogen) atoms. The molecule has 7 heteroatoms. The van der Waals surface area contributed by atoms with E-state index in [1.807, 2.05) is 12.1 Å². The number of anilines is 1. The van der Waals surface area contributed by atoms with Crippen LogP contribution in [-0.4, -0.2) is 26.7 Å². The van der Waals surface area contributed by atoms with Gasteiger partial charge in [-0.1, -0.05) is 20.8 Å². The van der Waals surface area contributed by atoms with Crippen LogP contribution >= 0.6 is 0 Å². The monoisotopic (exact) mass is 409 g/mol. The lowest BCUT2D eigenvalue weighted by molar-refractivity contribution is -0.122. The molecule has 4 atom stereocenters. The molecular weight excluding hydrogens is 378 g/mol. The third-order valence-corrected chi connectivity index (χ3v) is 7.51. The fourth-order valence-electron chi connectivity index (χ4n) is 5.28. The number of fused-ring (bicyclic) bond motifs is 2. The highest BCUT2D eigenvalue weighted by Crippen LogP contribution is 2.61. The van der Waals surface area contributed by atoms with Crippen molar-refractivity contribution >= 4 is 11.6 Å². The number of amides is 1. The van der Waals surface area contributed by atoms with Crippen LogP contribution in [0.5, 0.6) is 0 Å². The minimum atomic E-state index is -0.246. The molecule has 0 saturated heterocycles. The lowest BCUT2D eigenvalue weighted by atomic mass is 9.45. The lowest BCUT2D eigenvalue weighted by Gasteiger charge is -2.62. The van der Waals surface area contributed by atoms with Crippen LogP contribution in [0.4, 0.5) is 5.69 Å². The Morgan fingerprint density at radius 3 is 2.67 bits per heavy atom. The number of nitrogens with one attached hydrogen (secondary N) is 2. The Balaban J connectivity index is 1.39. The van der Waals surface area contributed by atoms with Gasteiger partial charge in [0.15, 0.2) is 0 Å². The molecule has 3 aliphatic carbocycles. The van der Waals surface area contributed by atoms with E-state index in [0.717, 1.165) is 29.5 Å². The summed E-state index contributed by atoms with van der Waals surface area (Å²) in [5.41, 5.74) is 2.55. The molecule has 5 rings (SSSR count). The summed E-state index contributed by atoms with van der Waals surface area (Å²) in [5.74, 6) is 1.79. The van der Waals surface area contributed by atoms with Gasteiger partial charge >= 0.3 is 0 Å². The van der Waals surface area contributed by atoms with Crippen LogP contribution in [0.3, 0.4) is 0 Å². The van der Waals surface area contributed by atoms with Crippen LogP contribution in [0.1, 0.15) is 44.7 Å². The lowest BCUT2D eigenvalue weighted by Crippen LogP contribution is -2.58. The molecule has 0 spiro atoms. The Morgan fingerprint density at radius 1 is 1.27 bits per heavy atom. The molecule has 2 heterocycles. The van der Waals surface area contributed by atoms with Gasteiger partial charge in [0, 0.05) is 30.5 Å². The summed E-state index contributed by atoms with van der Waals surface area (Å²) in [6, 6.07) is 4.04. The minimum Gasteiger partial charge on any atom is -0.380 e. The average molecular weight is 410 g/mol. The van der Waals surface area contributed by atoms with E-state index in [0.29, 0.717) is 29.5 Å². The Kier molecular flexibility index (Phi) is 5.38. The maximum atomic E-state index is 12.8. The van der Waals surface area contributed by atoms with E-state index >= 15 is 0 Å². The number of carbonyl (C=O) groups is 1. The smallest absolute Gasteiger partial charge is 0.272 e. The maximum Gasteiger partial charge on any atom is 0.272 e. The number of rotatable bonds is 6.